The van der Waals surface area contributed by atoms with Gasteiger partial charge < -0.3 is 5.11 Å². The van der Waals surface area contributed by atoms with Gasteiger partial charge in [0, 0.05) is 30.7 Å². The molecule has 1 aliphatic carbocycles. The molecule has 3 atom stereocenters. The molecule has 0 radical (unpaired) electrons. The number of likely N-dealkylation sites (tertiary alicyclic amines) is 1. The molecule has 0 aromatic carbocycles. The van der Waals surface area contributed by atoms with Crippen molar-refractivity contribution in [2.75, 3.05) is 6.54 Å². The van der Waals surface area contributed by atoms with Crippen LogP contribution in [0, 0.1) is 5.92 Å². The molecule has 2 aliphatic rings. The maximum atomic E-state index is 10.4. The van der Waals surface area contributed by atoms with Crippen molar-refractivity contribution < 1.29 is 5.11 Å². The van der Waals surface area contributed by atoms with Gasteiger partial charge in [0.25, 0.3) is 0 Å². The molecule has 3 rings (SSSR count). The predicted molar refractivity (Wildman–Crippen MR) is 84.0 cm³/mol. The Morgan fingerprint density at radius 2 is 2.05 bits per heavy atom. The lowest BCUT2D eigenvalue weighted by Crippen LogP contribution is -2.42. The number of nitrogens with zero attached hydrogens (tertiary/aromatic N) is 3. The van der Waals surface area contributed by atoms with Crippen LogP contribution in [0.3, 0.4) is 0 Å². The molecule has 1 N–H and O–H groups in total. The van der Waals surface area contributed by atoms with Crippen LogP contribution in [-0.2, 0) is 6.54 Å². The molecule has 118 valence electrons. The summed E-state index contributed by atoms with van der Waals surface area (Å²) in [6.07, 6.45) is 9.03. The first kappa shape index (κ1) is 15.0. The summed E-state index contributed by atoms with van der Waals surface area (Å²) in [5, 5.41) is 14.8. The van der Waals surface area contributed by atoms with Crippen molar-refractivity contribution in [1.82, 2.24) is 14.7 Å². The number of aliphatic hydroxyl groups is 1. The SMILES string of the molecule is CC(C)n1nccc1CN1CCC[C@@H]1[C@@H]1CCCC[C@@H]1O. The van der Waals surface area contributed by atoms with E-state index < -0.39 is 0 Å². The first-order chi connectivity index (χ1) is 10.2. The molecule has 1 aromatic heterocycles. The Hall–Kier alpha value is -0.870. The van der Waals surface area contributed by atoms with Crippen LogP contribution in [0.4, 0.5) is 0 Å². The molecule has 1 aliphatic heterocycles. The Labute approximate surface area is 128 Å². The van der Waals surface area contributed by atoms with Gasteiger partial charge in [-0.05, 0) is 52.1 Å². The number of rotatable bonds is 4. The van der Waals surface area contributed by atoms with Crippen molar-refractivity contribution in [2.45, 2.75) is 77.1 Å². The number of hydrogen-bond donors (Lipinski definition) is 1. The Bertz CT molecular complexity index is 457. The van der Waals surface area contributed by atoms with E-state index in [-0.39, 0.29) is 6.10 Å². The Morgan fingerprint density at radius 3 is 2.81 bits per heavy atom. The third kappa shape index (κ3) is 3.16. The van der Waals surface area contributed by atoms with Crippen LogP contribution in [0.15, 0.2) is 12.3 Å². The van der Waals surface area contributed by atoms with Gasteiger partial charge in [0.05, 0.1) is 11.8 Å². The van der Waals surface area contributed by atoms with Crippen molar-refractivity contribution >= 4 is 0 Å². The van der Waals surface area contributed by atoms with Gasteiger partial charge in [-0.15, -0.1) is 0 Å². The van der Waals surface area contributed by atoms with Crippen molar-refractivity contribution in [2.24, 2.45) is 5.92 Å². The molecule has 0 unspecified atom stereocenters. The Balaban J connectivity index is 1.70. The van der Waals surface area contributed by atoms with Crippen LogP contribution in [0.1, 0.15) is 64.1 Å². The predicted octanol–water partition coefficient (Wildman–Crippen LogP) is 2.98. The van der Waals surface area contributed by atoms with Crippen molar-refractivity contribution in [3.8, 4) is 0 Å². The molecule has 1 saturated heterocycles. The van der Waals surface area contributed by atoms with Gasteiger partial charge >= 0.3 is 0 Å². The van der Waals surface area contributed by atoms with Crippen LogP contribution >= 0.6 is 0 Å². The zero-order valence-corrected chi connectivity index (χ0v) is 13.4. The van der Waals surface area contributed by atoms with E-state index in [4.69, 9.17) is 0 Å². The summed E-state index contributed by atoms with van der Waals surface area (Å²) in [5.41, 5.74) is 1.31. The lowest BCUT2D eigenvalue weighted by molar-refractivity contribution is 0.0195. The van der Waals surface area contributed by atoms with Crippen molar-refractivity contribution in [3.05, 3.63) is 18.0 Å². The summed E-state index contributed by atoms with van der Waals surface area (Å²) < 4.78 is 2.13. The fourth-order valence-electron chi connectivity index (χ4n) is 4.26. The number of hydrogen-bond acceptors (Lipinski definition) is 3. The molecule has 1 aromatic rings. The normalized spacial score (nSPS) is 31.1. The maximum absolute atomic E-state index is 10.4. The molecule has 0 spiro atoms. The van der Waals surface area contributed by atoms with Gasteiger partial charge in [-0.3, -0.25) is 9.58 Å². The standard InChI is InChI=1S/C17H29N3O/c1-13(2)20-14(9-10-18-20)12-19-11-5-7-16(19)15-6-3-4-8-17(15)21/h9-10,13,15-17,21H,3-8,11-12H2,1-2H3/t15-,16+,17-/m0/s1. The third-order valence-electron chi connectivity index (χ3n) is 5.30. The summed E-state index contributed by atoms with van der Waals surface area (Å²) in [5.74, 6) is 0.483. The Morgan fingerprint density at radius 1 is 1.24 bits per heavy atom. The molecule has 0 amide bonds. The topological polar surface area (TPSA) is 41.3 Å². The van der Waals surface area contributed by atoms with E-state index in [2.05, 4.69) is 34.6 Å². The molecule has 21 heavy (non-hydrogen) atoms. The number of aliphatic hydroxyl groups excluding tert-OH is 1. The monoisotopic (exact) mass is 291 g/mol. The highest BCUT2D eigenvalue weighted by molar-refractivity contribution is 5.03. The third-order valence-corrected chi connectivity index (χ3v) is 5.30. The van der Waals surface area contributed by atoms with Crippen LogP contribution in [0.2, 0.25) is 0 Å². The minimum absolute atomic E-state index is 0.0839. The Kier molecular flexibility index (Phi) is 4.65. The van der Waals surface area contributed by atoms with Gasteiger partial charge in [-0.25, -0.2) is 0 Å². The van der Waals surface area contributed by atoms with Crippen LogP contribution in [0.5, 0.6) is 0 Å². The maximum Gasteiger partial charge on any atom is 0.0583 e. The zero-order valence-electron chi connectivity index (χ0n) is 13.4. The van der Waals surface area contributed by atoms with Crippen molar-refractivity contribution in [3.63, 3.8) is 0 Å². The fraction of sp³-hybridized carbons (Fsp3) is 0.824. The van der Waals surface area contributed by atoms with Gasteiger partial charge in [0.1, 0.15) is 0 Å². The largest absolute Gasteiger partial charge is 0.393 e. The summed E-state index contributed by atoms with van der Waals surface area (Å²) in [6, 6.07) is 3.12. The van der Waals surface area contributed by atoms with Crippen molar-refractivity contribution in [1.29, 1.82) is 0 Å². The van der Waals surface area contributed by atoms with E-state index in [1.165, 1.54) is 37.8 Å². The summed E-state index contributed by atoms with van der Waals surface area (Å²) >= 11 is 0. The van der Waals surface area contributed by atoms with Crippen LogP contribution in [-0.4, -0.2) is 38.5 Å². The second kappa shape index (κ2) is 6.49. The molecule has 0 bridgehead atoms. The molecule has 4 heteroatoms. The molecule has 2 heterocycles. The van der Waals surface area contributed by atoms with E-state index in [1.54, 1.807) is 0 Å². The molecular formula is C17H29N3O. The van der Waals surface area contributed by atoms with Gasteiger partial charge in [0.15, 0.2) is 0 Å². The minimum Gasteiger partial charge on any atom is -0.393 e. The van der Waals surface area contributed by atoms with Crippen LogP contribution in [0.25, 0.3) is 0 Å². The molecule has 2 fully saturated rings. The van der Waals surface area contributed by atoms with Gasteiger partial charge in [-0.1, -0.05) is 12.8 Å². The van der Waals surface area contributed by atoms with E-state index in [0.29, 0.717) is 18.0 Å². The molecule has 1 saturated carbocycles. The zero-order chi connectivity index (χ0) is 14.8. The minimum atomic E-state index is -0.0839. The lowest BCUT2D eigenvalue weighted by atomic mass is 9.80. The number of aromatic nitrogens is 2. The highest BCUT2D eigenvalue weighted by Gasteiger charge is 2.37. The fourth-order valence-corrected chi connectivity index (χ4v) is 4.26. The van der Waals surface area contributed by atoms with E-state index in [0.717, 1.165) is 19.5 Å². The average Bonchev–Trinajstić information content (AvgIpc) is 3.09. The van der Waals surface area contributed by atoms with Crippen LogP contribution < -0.4 is 0 Å². The highest BCUT2D eigenvalue weighted by atomic mass is 16.3. The second-order valence-electron chi connectivity index (χ2n) is 7.06. The second-order valence-corrected chi connectivity index (χ2v) is 7.06. The van der Waals surface area contributed by atoms with E-state index in [9.17, 15) is 5.11 Å². The average molecular weight is 291 g/mol. The van der Waals surface area contributed by atoms with E-state index >= 15 is 0 Å². The molecule has 4 nitrogen and oxygen atoms in total. The quantitative estimate of drug-likeness (QED) is 0.927. The van der Waals surface area contributed by atoms with E-state index in [1.807, 2.05) is 6.20 Å². The summed E-state index contributed by atoms with van der Waals surface area (Å²) in [6.45, 7) is 6.51. The smallest absolute Gasteiger partial charge is 0.0583 e. The summed E-state index contributed by atoms with van der Waals surface area (Å²) in [4.78, 5) is 2.59. The first-order valence-electron chi connectivity index (χ1n) is 8.61. The lowest BCUT2D eigenvalue weighted by Gasteiger charge is -2.37. The van der Waals surface area contributed by atoms with Gasteiger partial charge in [0.2, 0.25) is 0 Å². The highest BCUT2D eigenvalue weighted by Crippen LogP contribution is 2.35. The van der Waals surface area contributed by atoms with Gasteiger partial charge in [-0.2, -0.15) is 5.10 Å². The first-order valence-corrected chi connectivity index (χ1v) is 8.61. The molecular weight excluding hydrogens is 262 g/mol. The summed E-state index contributed by atoms with van der Waals surface area (Å²) in [7, 11) is 0.